The van der Waals surface area contributed by atoms with E-state index in [1.807, 2.05) is 13.1 Å². The van der Waals surface area contributed by atoms with E-state index < -0.39 is 0 Å². The predicted octanol–water partition coefficient (Wildman–Crippen LogP) is 1.18. The quantitative estimate of drug-likeness (QED) is 0.562. The van der Waals surface area contributed by atoms with Crippen molar-refractivity contribution in [1.82, 2.24) is 15.3 Å². The smallest absolute Gasteiger partial charge is 0.187 e. The molecule has 1 N–H and O–H groups in total. The Morgan fingerprint density at radius 2 is 2.17 bits per heavy atom. The first-order chi connectivity index (χ1) is 5.83. The van der Waals surface area contributed by atoms with Crippen LogP contribution in [0.1, 0.15) is 6.92 Å². The van der Waals surface area contributed by atoms with Gasteiger partial charge >= 0.3 is 0 Å². The zero-order chi connectivity index (χ0) is 8.81. The Hall–Kier alpha value is -0.610. The molecule has 0 aliphatic heterocycles. The fourth-order valence-corrected chi connectivity index (χ4v) is 1.71. The van der Waals surface area contributed by atoms with E-state index in [0.29, 0.717) is 5.25 Å². The normalized spacial score (nSPS) is 12.8. The van der Waals surface area contributed by atoms with Crippen molar-refractivity contribution in [1.29, 1.82) is 0 Å². The van der Waals surface area contributed by atoms with Crippen LogP contribution in [0, 0.1) is 0 Å². The molecule has 0 amide bonds. The highest BCUT2D eigenvalue weighted by Gasteiger charge is 2.03. The van der Waals surface area contributed by atoms with E-state index >= 15 is 0 Å². The molecule has 0 spiro atoms. The molecule has 12 heavy (non-hydrogen) atoms. The summed E-state index contributed by atoms with van der Waals surface area (Å²) in [4.78, 5) is 8.25. The number of hydrogen-bond donors (Lipinski definition) is 1. The summed E-state index contributed by atoms with van der Waals surface area (Å²) >= 11 is 1.68. The van der Waals surface area contributed by atoms with Gasteiger partial charge in [-0.15, -0.1) is 0 Å². The Bertz CT molecular complexity index is 215. The molecule has 1 aromatic rings. The van der Waals surface area contributed by atoms with Gasteiger partial charge in [0.05, 0.1) is 0 Å². The minimum atomic E-state index is 0.511. The molecule has 1 unspecified atom stereocenters. The molecule has 1 aromatic heterocycles. The number of thioether (sulfide) groups is 1. The van der Waals surface area contributed by atoms with Crippen LogP contribution in [0.15, 0.2) is 23.6 Å². The van der Waals surface area contributed by atoms with E-state index in [1.165, 1.54) is 0 Å². The third kappa shape index (κ3) is 3.19. The lowest BCUT2D eigenvalue weighted by Crippen LogP contribution is -2.18. The average molecular weight is 183 g/mol. The summed E-state index contributed by atoms with van der Waals surface area (Å²) in [7, 11) is 1.95. The third-order valence-electron chi connectivity index (χ3n) is 1.34. The fraction of sp³-hybridized carbons (Fsp3) is 0.500. The van der Waals surface area contributed by atoms with Crippen LogP contribution < -0.4 is 5.32 Å². The SMILES string of the molecule is CNCC(C)Sc1ncccn1. The largest absolute Gasteiger partial charge is 0.319 e. The lowest BCUT2D eigenvalue weighted by atomic mass is 10.5. The lowest BCUT2D eigenvalue weighted by molar-refractivity contribution is 0.781. The zero-order valence-electron chi connectivity index (χ0n) is 7.32. The van der Waals surface area contributed by atoms with Crippen LogP contribution in [-0.4, -0.2) is 28.8 Å². The first-order valence-corrected chi connectivity index (χ1v) is 4.79. The van der Waals surface area contributed by atoms with Crippen LogP contribution in [0.2, 0.25) is 0 Å². The van der Waals surface area contributed by atoms with Gasteiger partial charge in [-0.05, 0) is 13.1 Å². The molecule has 0 aliphatic carbocycles. The molecule has 1 atom stereocenters. The molecule has 0 saturated carbocycles. The van der Waals surface area contributed by atoms with E-state index in [-0.39, 0.29) is 0 Å². The number of hydrogen-bond acceptors (Lipinski definition) is 4. The number of nitrogens with one attached hydrogen (secondary N) is 1. The van der Waals surface area contributed by atoms with Crippen molar-refractivity contribution in [3.05, 3.63) is 18.5 Å². The van der Waals surface area contributed by atoms with Crippen LogP contribution >= 0.6 is 11.8 Å². The van der Waals surface area contributed by atoms with Crippen molar-refractivity contribution in [3.8, 4) is 0 Å². The first-order valence-electron chi connectivity index (χ1n) is 3.91. The van der Waals surface area contributed by atoms with Crippen LogP contribution in [0.4, 0.5) is 0 Å². The second kappa shape index (κ2) is 5.11. The van der Waals surface area contributed by atoms with E-state index in [4.69, 9.17) is 0 Å². The zero-order valence-corrected chi connectivity index (χ0v) is 8.14. The maximum Gasteiger partial charge on any atom is 0.187 e. The van der Waals surface area contributed by atoms with E-state index in [9.17, 15) is 0 Å². The highest BCUT2D eigenvalue weighted by molar-refractivity contribution is 7.99. The van der Waals surface area contributed by atoms with Crippen LogP contribution in [0.3, 0.4) is 0 Å². The van der Waals surface area contributed by atoms with E-state index in [1.54, 1.807) is 24.2 Å². The standard InChI is InChI=1S/C8H13N3S/c1-7(6-9-2)12-8-10-4-3-5-11-8/h3-5,7,9H,6H2,1-2H3. The highest BCUT2D eigenvalue weighted by atomic mass is 32.2. The van der Waals surface area contributed by atoms with Crippen LogP contribution in [0.5, 0.6) is 0 Å². The highest BCUT2D eigenvalue weighted by Crippen LogP contribution is 2.16. The number of aromatic nitrogens is 2. The summed E-state index contributed by atoms with van der Waals surface area (Å²) in [5.41, 5.74) is 0. The lowest BCUT2D eigenvalue weighted by Gasteiger charge is -2.07. The summed E-state index contributed by atoms with van der Waals surface area (Å²) < 4.78 is 0. The maximum atomic E-state index is 4.13. The summed E-state index contributed by atoms with van der Waals surface area (Å²) in [6, 6.07) is 1.83. The molecular formula is C8H13N3S. The molecule has 0 fully saturated rings. The Morgan fingerprint density at radius 3 is 2.75 bits per heavy atom. The van der Waals surface area contributed by atoms with Crippen molar-refractivity contribution in [2.45, 2.75) is 17.3 Å². The topological polar surface area (TPSA) is 37.8 Å². The Kier molecular flexibility index (Phi) is 4.04. The van der Waals surface area contributed by atoms with Gasteiger partial charge in [0.25, 0.3) is 0 Å². The molecule has 0 aliphatic rings. The van der Waals surface area contributed by atoms with Gasteiger partial charge in [-0.3, -0.25) is 0 Å². The molecule has 1 heterocycles. The molecule has 66 valence electrons. The molecule has 0 bridgehead atoms. The van der Waals surface area contributed by atoms with Crippen LogP contribution in [-0.2, 0) is 0 Å². The number of rotatable bonds is 4. The second-order valence-corrected chi connectivity index (χ2v) is 3.92. The maximum absolute atomic E-state index is 4.13. The Balaban J connectivity index is 2.41. The molecule has 0 saturated heterocycles. The van der Waals surface area contributed by atoms with Gasteiger partial charge in [-0.2, -0.15) is 0 Å². The molecule has 3 nitrogen and oxygen atoms in total. The van der Waals surface area contributed by atoms with Gasteiger partial charge in [0.1, 0.15) is 0 Å². The van der Waals surface area contributed by atoms with Gasteiger partial charge in [0.2, 0.25) is 0 Å². The predicted molar refractivity (Wildman–Crippen MR) is 51.3 cm³/mol. The Labute approximate surface area is 77.0 Å². The van der Waals surface area contributed by atoms with Crippen molar-refractivity contribution >= 4 is 11.8 Å². The minimum absolute atomic E-state index is 0.511. The monoisotopic (exact) mass is 183 g/mol. The van der Waals surface area contributed by atoms with Crippen LogP contribution in [0.25, 0.3) is 0 Å². The van der Waals surface area contributed by atoms with E-state index in [2.05, 4.69) is 22.2 Å². The summed E-state index contributed by atoms with van der Waals surface area (Å²) in [5.74, 6) is 0. The molecule has 1 rings (SSSR count). The van der Waals surface area contributed by atoms with Crippen molar-refractivity contribution < 1.29 is 0 Å². The molecular weight excluding hydrogens is 170 g/mol. The third-order valence-corrected chi connectivity index (χ3v) is 2.33. The van der Waals surface area contributed by atoms with Gasteiger partial charge in [0, 0.05) is 24.2 Å². The van der Waals surface area contributed by atoms with Crippen molar-refractivity contribution in [2.75, 3.05) is 13.6 Å². The molecule has 4 heteroatoms. The average Bonchev–Trinajstić information content (AvgIpc) is 2.06. The molecule has 0 radical (unpaired) electrons. The van der Waals surface area contributed by atoms with Gasteiger partial charge in [0.15, 0.2) is 5.16 Å². The van der Waals surface area contributed by atoms with Crippen molar-refractivity contribution in [2.24, 2.45) is 0 Å². The minimum Gasteiger partial charge on any atom is -0.319 e. The summed E-state index contributed by atoms with van der Waals surface area (Å²) in [6.45, 7) is 3.13. The first kappa shape index (κ1) is 9.48. The van der Waals surface area contributed by atoms with E-state index in [0.717, 1.165) is 11.7 Å². The van der Waals surface area contributed by atoms with Gasteiger partial charge < -0.3 is 5.32 Å². The second-order valence-electron chi connectivity index (χ2n) is 2.52. The molecule has 0 aromatic carbocycles. The van der Waals surface area contributed by atoms with Crippen molar-refractivity contribution in [3.63, 3.8) is 0 Å². The summed E-state index contributed by atoms with van der Waals surface area (Å²) in [6.07, 6.45) is 3.53. The summed E-state index contributed by atoms with van der Waals surface area (Å²) in [5, 5.41) is 4.47. The Morgan fingerprint density at radius 1 is 1.50 bits per heavy atom. The van der Waals surface area contributed by atoms with Gasteiger partial charge in [-0.25, -0.2) is 9.97 Å². The number of nitrogens with zero attached hydrogens (tertiary/aromatic N) is 2. The fourth-order valence-electron chi connectivity index (χ4n) is 0.855. The van der Waals surface area contributed by atoms with Gasteiger partial charge in [-0.1, -0.05) is 18.7 Å².